The first kappa shape index (κ1) is 9.63. The van der Waals surface area contributed by atoms with Crippen molar-refractivity contribution in [3.05, 3.63) is 0 Å². The van der Waals surface area contributed by atoms with Gasteiger partial charge in [0.2, 0.25) is 0 Å². The summed E-state index contributed by atoms with van der Waals surface area (Å²) in [6.07, 6.45) is -12.6. The Morgan fingerprint density at radius 2 is 1.25 bits per heavy atom. The van der Waals surface area contributed by atoms with E-state index in [2.05, 4.69) is 4.74 Å². The van der Waals surface area contributed by atoms with Gasteiger partial charge in [-0.3, -0.25) is 0 Å². The molecule has 12 heavy (non-hydrogen) atoms. The van der Waals surface area contributed by atoms with E-state index in [-0.39, 0.29) is 0 Å². The molecule has 0 spiro atoms. The third-order valence-corrected chi connectivity index (χ3v) is 1.72. The van der Waals surface area contributed by atoms with Crippen molar-refractivity contribution < 1.29 is 31.1 Å². The van der Waals surface area contributed by atoms with Crippen molar-refractivity contribution in [2.24, 2.45) is 0 Å². The number of rotatable bonds is 0. The molecule has 1 aliphatic rings. The van der Waals surface area contributed by atoms with Crippen LogP contribution in [0.5, 0.6) is 0 Å². The van der Waals surface area contributed by atoms with Crippen LogP contribution in [0, 0.1) is 0 Å². The molecule has 1 saturated heterocycles. The van der Waals surface area contributed by atoms with Gasteiger partial charge in [0.05, 0.1) is 0 Å². The highest BCUT2D eigenvalue weighted by Gasteiger charge is 2.85. The second kappa shape index (κ2) is 2.07. The van der Waals surface area contributed by atoms with Crippen LogP contribution in [0.25, 0.3) is 0 Å². The predicted molar refractivity (Wildman–Crippen MR) is 25.4 cm³/mol. The maximum Gasteiger partial charge on any atom is 0.429 e. The number of epoxide rings is 1. The molecule has 1 heterocycles. The molecule has 0 N–H and O–H groups in total. The Morgan fingerprint density at radius 1 is 1.00 bits per heavy atom. The fraction of sp³-hybridized carbons (Fsp3) is 1.00. The van der Waals surface area contributed by atoms with E-state index in [0.717, 1.165) is 6.92 Å². The summed E-state index contributed by atoms with van der Waals surface area (Å²) in [7, 11) is 0. The van der Waals surface area contributed by atoms with Gasteiger partial charge in [-0.2, -0.15) is 26.3 Å². The van der Waals surface area contributed by atoms with Gasteiger partial charge in [0.1, 0.15) is 6.10 Å². The molecule has 1 rings (SSSR count). The SMILES string of the molecule is C[C@H]1OC1(C(F)(F)F)C(F)(F)F. The zero-order valence-electron chi connectivity index (χ0n) is 5.75. The largest absolute Gasteiger partial charge is 0.429 e. The van der Waals surface area contributed by atoms with Crippen molar-refractivity contribution in [1.82, 2.24) is 0 Å². The van der Waals surface area contributed by atoms with Crippen LogP contribution in [0.2, 0.25) is 0 Å². The molecule has 0 aromatic rings. The van der Waals surface area contributed by atoms with E-state index in [4.69, 9.17) is 0 Å². The fourth-order valence-corrected chi connectivity index (χ4v) is 1.00. The van der Waals surface area contributed by atoms with Gasteiger partial charge in [-0.25, -0.2) is 0 Å². The van der Waals surface area contributed by atoms with Crippen molar-refractivity contribution in [2.45, 2.75) is 31.0 Å². The Balaban J connectivity index is 2.96. The van der Waals surface area contributed by atoms with Gasteiger partial charge < -0.3 is 4.74 Å². The van der Waals surface area contributed by atoms with Crippen LogP contribution in [-0.2, 0) is 4.74 Å². The third kappa shape index (κ3) is 0.988. The lowest BCUT2D eigenvalue weighted by molar-refractivity contribution is -0.292. The molecular weight excluding hydrogens is 190 g/mol. The van der Waals surface area contributed by atoms with Gasteiger partial charge in [-0.1, -0.05) is 0 Å². The maximum absolute atomic E-state index is 11.8. The number of ether oxygens (including phenoxy) is 1. The number of hydrogen-bond donors (Lipinski definition) is 0. The van der Waals surface area contributed by atoms with E-state index in [1.54, 1.807) is 0 Å². The quantitative estimate of drug-likeness (QED) is 0.425. The van der Waals surface area contributed by atoms with Crippen LogP contribution in [0.15, 0.2) is 0 Å². The summed E-state index contributed by atoms with van der Waals surface area (Å²) in [5, 5.41) is 0. The summed E-state index contributed by atoms with van der Waals surface area (Å²) in [6.45, 7) is 0.737. The van der Waals surface area contributed by atoms with Crippen LogP contribution < -0.4 is 0 Å². The molecule has 0 aromatic carbocycles. The van der Waals surface area contributed by atoms with E-state index in [1.165, 1.54) is 0 Å². The van der Waals surface area contributed by atoms with E-state index < -0.39 is 24.1 Å². The summed E-state index contributed by atoms with van der Waals surface area (Å²) in [4.78, 5) is 0. The zero-order chi connectivity index (χ0) is 9.78. The second-order valence-corrected chi connectivity index (χ2v) is 2.49. The molecule has 7 heteroatoms. The summed E-state index contributed by atoms with van der Waals surface area (Å²) >= 11 is 0. The Bertz CT molecular complexity index is 177. The average Bonchev–Trinajstić information content (AvgIpc) is 2.36. The molecule has 1 aliphatic heterocycles. The minimum atomic E-state index is -5.38. The van der Waals surface area contributed by atoms with Crippen molar-refractivity contribution >= 4 is 0 Å². The molecule has 1 nitrogen and oxygen atoms in total. The predicted octanol–water partition coefficient (Wildman–Crippen LogP) is 2.27. The normalized spacial score (nSPS) is 28.8. The van der Waals surface area contributed by atoms with E-state index in [9.17, 15) is 26.3 Å². The van der Waals surface area contributed by atoms with Crippen LogP contribution in [-0.4, -0.2) is 24.1 Å². The molecule has 0 unspecified atom stereocenters. The van der Waals surface area contributed by atoms with Crippen LogP contribution in [0.4, 0.5) is 26.3 Å². The minimum absolute atomic E-state index is 0.737. The molecule has 72 valence electrons. The standard InChI is InChI=1S/C5H4F6O/c1-2-3(12-2,4(6,7)8)5(9,10)11/h2H,1H3/t2-/m1/s1. The Hall–Kier alpha value is -0.460. The average molecular weight is 194 g/mol. The summed E-state index contributed by atoms with van der Waals surface area (Å²) in [5.41, 5.74) is -3.92. The summed E-state index contributed by atoms with van der Waals surface area (Å²) < 4.78 is 74.4. The third-order valence-electron chi connectivity index (χ3n) is 1.72. The maximum atomic E-state index is 11.8. The molecule has 0 radical (unpaired) electrons. The smallest absolute Gasteiger partial charge is 0.349 e. The zero-order valence-corrected chi connectivity index (χ0v) is 5.75. The van der Waals surface area contributed by atoms with Crippen LogP contribution in [0.3, 0.4) is 0 Å². The van der Waals surface area contributed by atoms with E-state index in [0.29, 0.717) is 0 Å². The Kier molecular flexibility index (Phi) is 1.66. The number of halogens is 6. The van der Waals surface area contributed by atoms with Crippen molar-refractivity contribution in [3.63, 3.8) is 0 Å². The summed E-state index contributed by atoms with van der Waals surface area (Å²) in [6, 6.07) is 0. The van der Waals surface area contributed by atoms with E-state index in [1.807, 2.05) is 0 Å². The van der Waals surface area contributed by atoms with Crippen LogP contribution >= 0.6 is 0 Å². The van der Waals surface area contributed by atoms with Gasteiger partial charge in [0.15, 0.2) is 0 Å². The second-order valence-electron chi connectivity index (χ2n) is 2.49. The van der Waals surface area contributed by atoms with Crippen molar-refractivity contribution in [2.75, 3.05) is 0 Å². The molecule has 0 aromatic heterocycles. The number of hydrogen-bond acceptors (Lipinski definition) is 1. The van der Waals surface area contributed by atoms with Gasteiger partial charge in [0.25, 0.3) is 5.60 Å². The Morgan fingerprint density at radius 3 is 1.25 bits per heavy atom. The molecule has 0 bridgehead atoms. The highest BCUT2D eigenvalue weighted by atomic mass is 19.4. The topological polar surface area (TPSA) is 12.5 Å². The lowest BCUT2D eigenvalue weighted by atomic mass is 10.1. The highest BCUT2D eigenvalue weighted by molar-refractivity contribution is 5.11. The molecular formula is C5H4F6O. The molecule has 0 amide bonds. The number of alkyl halides is 6. The highest BCUT2D eigenvalue weighted by Crippen LogP contribution is 2.58. The first-order valence-electron chi connectivity index (χ1n) is 2.94. The van der Waals surface area contributed by atoms with Gasteiger partial charge >= 0.3 is 12.4 Å². The first-order chi connectivity index (χ1) is 5.13. The summed E-state index contributed by atoms with van der Waals surface area (Å²) in [5.74, 6) is 0. The lowest BCUT2D eigenvalue weighted by Crippen LogP contribution is -2.47. The molecule has 1 fully saturated rings. The van der Waals surface area contributed by atoms with Crippen LogP contribution in [0.1, 0.15) is 6.92 Å². The molecule has 0 aliphatic carbocycles. The Labute approximate surface area is 63.3 Å². The minimum Gasteiger partial charge on any atom is -0.349 e. The van der Waals surface area contributed by atoms with Gasteiger partial charge in [-0.05, 0) is 6.92 Å². The van der Waals surface area contributed by atoms with Gasteiger partial charge in [0, 0.05) is 0 Å². The van der Waals surface area contributed by atoms with Crippen molar-refractivity contribution in [1.29, 1.82) is 0 Å². The van der Waals surface area contributed by atoms with Crippen molar-refractivity contribution in [3.8, 4) is 0 Å². The monoisotopic (exact) mass is 194 g/mol. The molecule has 1 atom stereocenters. The molecule has 0 saturated carbocycles. The van der Waals surface area contributed by atoms with E-state index >= 15 is 0 Å². The fourth-order valence-electron chi connectivity index (χ4n) is 1.00. The first-order valence-corrected chi connectivity index (χ1v) is 2.94. The van der Waals surface area contributed by atoms with Gasteiger partial charge in [-0.15, -0.1) is 0 Å². The lowest BCUT2D eigenvalue weighted by Gasteiger charge is -2.19.